The second-order valence-electron chi connectivity index (χ2n) is 11.8. The quantitative estimate of drug-likeness (QED) is 0.264. The van der Waals surface area contributed by atoms with Gasteiger partial charge in [-0.3, -0.25) is 4.98 Å². The van der Waals surface area contributed by atoms with Gasteiger partial charge in [-0.05, 0) is 94.4 Å². The number of hydrogen-bond donors (Lipinski definition) is 1. The normalized spacial score (nSPS) is 20.3. The SMILES string of the molecule is CN1CCCCCCCC1.CNc1ccc2nccc(-c3cnn4cc(/C=C5/CCCC(C)CC5)cnc34)c2c1.[HH]. The number of anilines is 1. The Hall–Kier alpha value is -3.25. The number of benzene rings is 1. The maximum Gasteiger partial charge on any atom is 0.162 e. The minimum atomic E-state index is 0. The summed E-state index contributed by atoms with van der Waals surface area (Å²) in [5.74, 6) is 0.837. The Bertz CT molecular complexity index is 1420. The number of nitrogens with zero attached hydrogens (tertiary/aromatic N) is 5. The molecule has 1 saturated heterocycles. The molecular weight excluding hydrogens is 492 g/mol. The van der Waals surface area contributed by atoms with Crippen molar-refractivity contribution in [3.05, 3.63) is 60.2 Å². The molecule has 1 atom stereocenters. The first-order valence-corrected chi connectivity index (χ1v) is 15.4. The van der Waals surface area contributed by atoms with Gasteiger partial charge in [0.2, 0.25) is 0 Å². The third-order valence-corrected chi connectivity index (χ3v) is 8.55. The first kappa shape index (κ1) is 28.3. The highest BCUT2D eigenvalue weighted by molar-refractivity contribution is 5.99. The van der Waals surface area contributed by atoms with Crippen LogP contribution in [0.25, 0.3) is 33.8 Å². The number of aromatic nitrogens is 4. The van der Waals surface area contributed by atoms with Gasteiger partial charge in [-0.15, -0.1) is 0 Å². The van der Waals surface area contributed by atoms with Crippen LogP contribution in [0, 0.1) is 5.92 Å². The second-order valence-corrected chi connectivity index (χ2v) is 11.8. The lowest BCUT2D eigenvalue weighted by Crippen LogP contribution is -2.20. The molecule has 40 heavy (non-hydrogen) atoms. The Labute approximate surface area is 241 Å². The smallest absolute Gasteiger partial charge is 0.162 e. The zero-order chi connectivity index (χ0) is 27.7. The van der Waals surface area contributed by atoms with Gasteiger partial charge in [0.05, 0.1) is 11.7 Å². The molecule has 4 aromatic rings. The fourth-order valence-corrected chi connectivity index (χ4v) is 6.03. The molecule has 3 aromatic heterocycles. The van der Waals surface area contributed by atoms with Crippen LogP contribution in [0.15, 0.2) is 54.6 Å². The number of allylic oxidation sites excluding steroid dienone is 1. The van der Waals surface area contributed by atoms with Crippen LogP contribution in [-0.4, -0.2) is 51.7 Å². The van der Waals surface area contributed by atoms with Crippen LogP contribution in [0.1, 0.15) is 84.5 Å². The summed E-state index contributed by atoms with van der Waals surface area (Å²) >= 11 is 0. The van der Waals surface area contributed by atoms with E-state index in [0.29, 0.717) is 0 Å². The Morgan fingerprint density at radius 1 is 0.900 bits per heavy atom. The molecule has 1 unspecified atom stereocenters. The van der Waals surface area contributed by atoms with Gasteiger partial charge in [-0.2, -0.15) is 5.10 Å². The van der Waals surface area contributed by atoms with Gasteiger partial charge in [0.1, 0.15) is 0 Å². The van der Waals surface area contributed by atoms with Crippen LogP contribution in [0.4, 0.5) is 5.69 Å². The maximum atomic E-state index is 4.79. The van der Waals surface area contributed by atoms with Crippen molar-refractivity contribution in [1.82, 2.24) is 24.5 Å². The van der Waals surface area contributed by atoms with Crippen molar-refractivity contribution in [3.8, 4) is 11.1 Å². The molecule has 6 rings (SSSR count). The van der Waals surface area contributed by atoms with E-state index in [4.69, 9.17) is 4.98 Å². The molecule has 214 valence electrons. The van der Waals surface area contributed by atoms with E-state index in [1.165, 1.54) is 89.3 Å². The molecule has 0 amide bonds. The fraction of sp³-hybridized carbons (Fsp3) is 0.500. The lowest BCUT2D eigenvalue weighted by Gasteiger charge is -2.13. The molecule has 6 nitrogen and oxygen atoms in total. The Morgan fingerprint density at radius 2 is 1.70 bits per heavy atom. The van der Waals surface area contributed by atoms with E-state index in [2.05, 4.69) is 52.6 Å². The van der Waals surface area contributed by atoms with Crippen LogP contribution < -0.4 is 5.32 Å². The number of fused-ring (bicyclic) bond motifs is 2. The van der Waals surface area contributed by atoms with E-state index in [-0.39, 0.29) is 1.43 Å². The topological polar surface area (TPSA) is 58.3 Å². The highest BCUT2D eigenvalue weighted by atomic mass is 15.2. The third-order valence-electron chi connectivity index (χ3n) is 8.55. The average molecular weight is 541 g/mol. The van der Waals surface area contributed by atoms with E-state index in [0.717, 1.165) is 44.8 Å². The number of hydrogen-bond acceptors (Lipinski definition) is 5. The minimum absolute atomic E-state index is 0. The minimum Gasteiger partial charge on any atom is -0.388 e. The molecule has 1 aliphatic carbocycles. The van der Waals surface area contributed by atoms with Crippen molar-refractivity contribution in [1.29, 1.82) is 0 Å². The van der Waals surface area contributed by atoms with Gasteiger partial charge >= 0.3 is 0 Å². The molecule has 2 aliphatic rings. The van der Waals surface area contributed by atoms with E-state index in [1.807, 2.05) is 48.4 Å². The maximum absolute atomic E-state index is 4.79. The van der Waals surface area contributed by atoms with Crippen molar-refractivity contribution < 1.29 is 1.43 Å². The van der Waals surface area contributed by atoms with E-state index >= 15 is 0 Å². The monoisotopic (exact) mass is 540 g/mol. The fourth-order valence-electron chi connectivity index (χ4n) is 6.03. The number of pyridine rings is 1. The predicted molar refractivity (Wildman–Crippen MR) is 171 cm³/mol. The summed E-state index contributed by atoms with van der Waals surface area (Å²) in [5, 5.41) is 8.93. The molecule has 0 spiro atoms. The summed E-state index contributed by atoms with van der Waals surface area (Å²) < 4.78 is 1.90. The summed E-state index contributed by atoms with van der Waals surface area (Å²) in [5.41, 5.74) is 7.68. The van der Waals surface area contributed by atoms with Crippen LogP contribution >= 0.6 is 0 Å². The van der Waals surface area contributed by atoms with Gasteiger partial charge in [0.15, 0.2) is 5.65 Å². The summed E-state index contributed by atoms with van der Waals surface area (Å²) in [4.78, 5) is 11.8. The van der Waals surface area contributed by atoms with Crippen molar-refractivity contribution in [2.75, 3.05) is 32.5 Å². The predicted octanol–water partition coefficient (Wildman–Crippen LogP) is 8.49. The summed E-state index contributed by atoms with van der Waals surface area (Å²) in [6.45, 7) is 5.00. The van der Waals surface area contributed by atoms with Gasteiger partial charge in [0, 0.05) is 49.3 Å². The molecule has 0 radical (unpaired) electrons. The zero-order valence-corrected chi connectivity index (χ0v) is 24.7. The van der Waals surface area contributed by atoms with Crippen LogP contribution in [0.3, 0.4) is 0 Å². The van der Waals surface area contributed by atoms with Crippen molar-refractivity contribution in [2.45, 2.75) is 77.6 Å². The van der Waals surface area contributed by atoms with Crippen molar-refractivity contribution in [3.63, 3.8) is 0 Å². The molecule has 2 fully saturated rings. The first-order valence-electron chi connectivity index (χ1n) is 15.4. The van der Waals surface area contributed by atoms with Crippen LogP contribution in [0.2, 0.25) is 0 Å². The molecule has 1 aromatic carbocycles. The highest BCUT2D eigenvalue weighted by Crippen LogP contribution is 2.32. The molecule has 1 saturated carbocycles. The van der Waals surface area contributed by atoms with Gasteiger partial charge in [-0.25, -0.2) is 9.50 Å². The highest BCUT2D eigenvalue weighted by Gasteiger charge is 2.14. The van der Waals surface area contributed by atoms with E-state index in [9.17, 15) is 0 Å². The molecular formula is C34H48N6. The molecule has 6 heteroatoms. The second kappa shape index (κ2) is 13.9. The molecule has 4 heterocycles. The Balaban J connectivity index is 0.000000300. The third kappa shape index (κ3) is 7.28. The van der Waals surface area contributed by atoms with Gasteiger partial charge in [0.25, 0.3) is 0 Å². The zero-order valence-electron chi connectivity index (χ0n) is 24.7. The van der Waals surface area contributed by atoms with E-state index in [1.54, 1.807) is 0 Å². The Kier molecular flexibility index (Phi) is 9.82. The largest absolute Gasteiger partial charge is 0.388 e. The average Bonchev–Trinajstić information content (AvgIpc) is 3.34. The summed E-state index contributed by atoms with van der Waals surface area (Å²) in [6, 6.07) is 8.26. The van der Waals surface area contributed by atoms with Crippen molar-refractivity contribution >= 4 is 28.3 Å². The molecule has 1 N–H and O–H groups in total. The number of rotatable bonds is 3. The lowest BCUT2D eigenvalue weighted by atomic mass is 10.0. The molecule has 0 bridgehead atoms. The van der Waals surface area contributed by atoms with Crippen LogP contribution in [0.5, 0.6) is 0 Å². The Morgan fingerprint density at radius 3 is 2.50 bits per heavy atom. The van der Waals surface area contributed by atoms with Crippen LogP contribution in [-0.2, 0) is 0 Å². The molecule has 1 aliphatic heterocycles. The standard InChI is InChI=1S/C25H27N5.C9H19N.H2/c1-17-4-3-5-18(7-6-17)12-19-14-28-25-23(15-29-30(25)16-19)21-10-11-27-24-9-8-20(26-2)13-22(21)24;1-10-8-6-4-2-3-5-7-9-10;/h8-17,26H,3-7H2,1-2H3;2-9H2,1H3;1H/b18-12-;;. The van der Waals surface area contributed by atoms with E-state index < -0.39 is 0 Å². The van der Waals surface area contributed by atoms with Crippen molar-refractivity contribution in [2.24, 2.45) is 5.92 Å². The van der Waals surface area contributed by atoms with Gasteiger partial charge < -0.3 is 10.2 Å². The summed E-state index contributed by atoms with van der Waals surface area (Å²) in [7, 11) is 4.17. The first-order chi connectivity index (χ1) is 19.6. The van der Waals surface area contributed by atoms with Gasteiger partial charge in [-0.1, -0.05) is 50.7 Å². The summed E-state index contributed by atoms with van der Waals surface area (Å²) in [6.07, 6.45) is 25.1. The lowest BCUT2D eigenvalue weighted by molar-refractivity contribution is 0.327. The number of nitrogens with one attached hydrogen (secondary N) is 1.